The number of rotatable bonds is 7. The van der Waals surface area contributed by atoms with Gasteiger partial charge in [-0.3, -0.25) is 10.1 Å². The van der Waals surface area contributed by atoms with Gasteiger partial charge >= 0.3 is 0 Å². The molecule has 2 aromatic carbocycles. The van der Waals surface area contributed by atoms with Crippen molar-refractivity contribution in [3.63, 3.8) is 0 Å². The molecule has 4 rings (SSSR count). The highest BCUT2D eigenvalue weighted by molar-refractivity contribution is 7.80. The van der Waals surface area contributed by atoms with E-state index in [4.69, 9.17) is 16.6 Å². The van der Waals surface area contributed by atoms with Crippen LogP contribution in [0, 0.1) is 6.92 Å². The first-order valence-electron chi connectivity index (χ1n) is 10.8. The number of nitrogens with zero attached hydrogens (tertiary/aromatic N) is 3. The Kier molecular flexibility index (Phi) is 6.95. The van der Waals surface area contributed by atoms with Crippen LogP contribution in [0.3, 0.4) is 0 Å². The number of unbranched alkanes of at least 4 members (excludes halogenated alkanes) is 1. The van der Waals surface area contributed by atoms with E-state index in [-0.39, 0.29) is 11.0 Å². The van der Waals surface area contributed by atoms with Crippen LogP contribution in [0.1, 0.15) is 36.7 Å². The predicted molar refractivity (Wildman–Crippen MR) is 134 cm³/mol. The molecular formula is C25H25N5O2S. The molecule has 0 saturated carbocycles. The van der Waals surface area contributed by atoms with Crippen molar-refractivity contribution in [2.75, 3.05) is 5.32 Å². The maximum absolute atomic E-state index is 12.1. The zero-order valence-corrected chi connectivity index (χ0v) is 19.4. The minimum Gasteiger partial charge on any atom is -0.465 e. The summed E-state index contributed by atoms with van der Waals surface area (Å²) in [6.45, 7) is 4.14. The van der Waals surface area contributed by atoms with Gasteiger partial charge in [-0.15, -0.1) is 10.2 Å². The van der Waals surface area contributed by atoms with Crippen molar-refractivity contribution in [3.05, 3.63) is 77.8 Å². The molecule has 0 radical (unpaired) electrons. The maximum Gasteiger partial charge on any atom is 0.250 e. The van der Waals surface area contributed by atoms with Crippen LogP contribution in [-0.2, 0) is 11.2 Å². The van der Waals surface area contributed by atoms with Crippen molar-refractivity contribution in [2.24, 2.45) is 0 Å². The number of nitrogens with one attached hydrogen (secondary N) is 2. The molecule has 4 aromatic rings. The largest absolute Gasteiger partial charge is 0.465 e. The van der Waals surface area contributed by atoms with Crippen molar-refractivity contribution in [3.8, 4) is 5.69 Å². The number of furan rings is 1. The fraction of sp³-hybridized carbons (Fsp3) is 0.200. The van der Waals surface area contributed by atoms with Gasteiger partial charge in [-0.2, -0.15) is 4.80 Å². The lowest BCUT2D eigenvalue weighted by Gasteiger charge is -2.10. The average Bonchev–Trinajstić information content (AvgIpc) is 3.46. The quantitative estimate of drug-likeness (QED) is 0.292. The lowest BCUT2D eigenvalue weighted by Crippen LogP contribution is -2.33. The van der Waals surface area contributed by atoms with Gasteiger partial charge in [0.1, 0.15) is 16.8 Å². The van der Waals surface area contributed by atoms with Gasteiger partial charge in [0.05, 0.1) is 12.0 Å². The number of fused-ring (bicyclic) bond motifs is 1. The van der Waals surface area contributed by atoms with Gasteiger partial charge in [-0.1, -0.05) is 25.5 Å². The molecule has 0 spiro atoms. The summed E-state index contributed by atoms with van der Waals surface area (Å²) in [7, 11) is 0. The first kappa shape index (κ1) is 22.4. The fourth-order valence-corrected chi connectivity index (χ4v) is 3.56. The third kappa shape index (κ3) is 5.72. The van der Waals surface area contributed by atoms with Crippen LogP contribution in [-0.4, -0.2) is 26.0 Å². The Morgan fingerprint density at radius 3 is 2.61 bits per heavy atom. The Morgan fingerprint density at radius 1 is 1.15 bits per heavy atom. The number of amides is 1. The molecule has 2 aromatic heterocycles. The molecule has 33 heavy (non-hydrogen) atoms. The molecule has 2 heterocycles. The summed E-state index contributed by atoms with van der Waals surface area (Å²) < 4.78 is 5.17. The minimum absolute atomic E-state index is 0.196. The van der Waals surface area contributed by atoms with E-state index in [2.05, 4.69) is 39.9 Å². The topological polar surface area (TPSA) is 85.0 Å². The standard InChI is InChI=1S/C25H25N5O2S/c1-3-4-6-18-8-10-19(11-9-18)30-28-22-15-17(2)21(16-23(22)29-30)26-25(33)27-24(31)13-12-20-7-5-14-32-20/h5,7-16H,3-4,6H2,1-2H3,(H2,26,27,31,33)/b13-12+. The lowest BCUT2D eigenvalue weighted by atomic mass is 10.1. The molecular weight excluding hydrogens is 434 g/mol. The summed E-state index contributed by atoms with van der Waals surface area (Å²) in [5.74, 6) is 0.236. The molecule has 0 aliphatic rings. The van der Waals surface area contributed by atoms with Crippen molar-refractivity contribution < 1.29 is 9.21 Å². The Hall–Kier alpha value is -3.78. The second-order valence-corrected chi connectivity index (χ2v) is 8.12. The van der Waals surface area contributed by atoms with Gasteiger partial charge in [0.25, 0.3) is 0 Å². The Balaban J connectivity index is 1.45. The van der Waals surface area contributed by atoms with Gasteiger partial charge in [-0.05, 0) is 85.6 Å². The number of carbonyl (C=O) groups excluding carboxylic acids is 1. The van der Waals surface area contributed by atoms with E-state index in [0.29, 0.717) is 5.76 Å². The van der Waals surface area contributed by atoms with Gasteiger partial charge in [0.2, 0.25) is 5.91 Å². The summed E-state index contributed by atoms with van der Waals surface area (Å²) in [6, 6.07) is 15.7. The van der Waals surface area contributed by atoms with Gasteiger partial charge in [0, 0.05) is 11.8 Å². The normalized spacial score (nSPS) is 11.2. The molecule has 0 aliphatic carbocycles. The molecule has 8 heteroatoms. The SMILES string of the molecule is CCCCc1ccc(-n2nc3cc(C)c(NC(=S)NC(=O)/C=C/c4ccco4)cc3n2)cc1. The number of benzene rings is 2. The monoisotopic (exact) mass is 459 g/mol. The number of aryl methyl sites for hydroxylation is 2. The molecule has 0 unspecified atom stereocenters. The third-order valence-electron chi connectivity index (χ3n) is 5.14. The molecule has 1 amide bonds. The maximum atomic E-state index is 12.1. The number of hydrogen-bond donors (Lipinski definition) is 2. The smallest absolute Gasteiger partial charge is 0.250 e. The highest BCUT2D eigenvalue weighted by Crippen LogP contribution is 2.22. The first-order valence-corrected chi connectivity index (χ1v) is 11.2. The Labute approximate surface area is 197 Å². The molecule has 0 fully saturated rings. The van der Waals surface area contributed by atoms with E-state index in [1.807, 2.05) is 31.2 Å². The van der Waals surface area contributed by atoms with Crippen LogP contribution in [0.25, 0.3) is 22.8 Å². The van der Waals surface area contributed by atoms with Crippen LogP contribution in [0.15, 0.2) is 65.3 Å². The molecule has 168 valence electrons. The van der Waals surface area contributed by atoms with Crippen LogP contribution < -0.4 is 10.6 Å². The predicted octanol–water partition coefficient (Wildman–Crippen LogP) is 5.19. The van der Waals surface area contributed by atoms with Crippen LogP contribution in [0.4, 0.5) is 5.69 Å². The van der Waals surface area contributed by atoms with E-state index < -0.39 is 0 Å². The highest BCUT2D eigenvalue weighted by atomic mass is 32.1. The summed E-state index contributed by atoms with van der Waals surface area (Å²) in [5, 5.41) is 15.1. The molecule has 0 saturated heterocycles. The van der Waals surface area contributed by atoms with E-state index >= 15 is 0 Å². The zero-order valence-electron chi connectivity index (χ0n) is 18.5. The molecule has 0 bridgehead atoms. The summed E-state index contributed by atoms with van der Waals surface area (Å²) >= 11 is 5.29. The Morgan fingerprint density at radius 2 is 1.91 bits per heavy atom. The highest BCUT2D eigenvalue weighted by Gasteiger charge is 2.10. The van der Waals surface area contributed by atoms with Crippen molar-refractivity contribution in [1.29, 1.82) is 0 Å². The summed E-state index contributed by atoms with van der Waals surface area (Å²) in [6.07, 6.45) is 7.92. The second kappa shape index (κ2) is 10.2. The summed E-state index contributed by atoms with van der Waals surface area (Å²) in [4.78, 5) is 13.7. The lowest BCUT2D eigenvalue weighted by molar-refractivity contribution is -0.115. The number of thiocarbonyl (C=S) groups is 1. The van der Waals surface area contributed by atoms with E-state index in [1.165, 1.54) is 24.5 Å². The van der Waals surface area contributed by atoms with E-state index in [0.717, 1.165) is 34.4 Å². The Bertz CT molecular complexity index is 1290. The minimum atomic E-state index is -0.351. The van der Waals surface area contributed by atoms with Crippen molar-refractivity contribution >= 4 is 46.0 Å². The zero-order chi connectivity index (χ0) is 23.2. The second-order valence-electron chi connectivity index (χ2n) is 7.71. The molecule has 0 atom stereocenters. The molecule has 0 aliphatic heterocycles. The van der Waals surface area contributed by atoms with Crippen LogP contribution >= 0.6 is 12.2 Å². The van der Waals surface area contributed by atoms with Gasteiger partial charge in [-0.25, -0.2) is 0 Å². The number of hydrogen-bond acceptors (Lipinski definition) is 5. The van der Waals surface area contributed by atoms with Crippen molar-refractivity contribution in [1.82, 2.24) is 20.3 Å². The average molecular weight is 460 g/mol. The van der Waals surface area contributed by atoms with Gasteiger partial charge < -0.3 is 9.73 Å². The fourth-order valence-electron chi connectivity index (χ4n) is 3.35. The van der Waals surface area contributed by atoms with E-state index in [9.17, 15) is 4.79 Å². The van der Waals surface area contributed by atoms with Crippen LogP contribution in [0.2, 0.25) is 0 Å². The molecule has 2 N–H and O–H groups in total. The van der Waals surface area contributed by atoms with Gasteiger partial charge in [0.15, 0.2) is 5.11 Å². The molecule has 7 nitrogen and oxygen atoms in total. The first-order chi connectivity index (χ1) is 16.0. The number of aromatic nitrogens is 3. The summed E-state index contributed by atoms with van der Waals surface area (Å²) in [5.41, 5.74) is 5.42. The number of carbonyl (C=O) groups is 1. The van der Waals surface area contributed by atoms with Crippen molar-refractivity contribution in [2.45, 2.75) is 33.1 Å². The third-order valence-corrected chi connectivity index (χ3v) is 5.34. The number of anilines is 1. The van der Waals surface area contributed by atoms with Crippen LogP contribution in [0.5, 0.6) is 0 Å². The van der Waals surface area contributed by atoms with E-state index in [1.54, 1.807) is 29.3 Å².